The second-order valence-electron chi connectivity index (χ2n) is 7.73. The topological polar surface area (TPSA) is 29.3 Å². The van der Waals surface area contributed by atoms with E-state index in [0.29, 0.717) is 0 Å². The van der Waals surface area contributed by atoms with E-state index in [4.69, 9.17) is 5.73 Å². The van der Waals surface area contributed by atoms with E-state index in [1.165, 1.54) is 57.2 Å². The van der Waals surface area contributed by atoms with Crippen molar-refractivity contribution >= 4 is 5.69 Å². The van der Waals surface area contributed by atoms with Gasteiger partial charge in [0, 0.05) is 23.7 Å². The zero-order valence-electron chi connectivity index (χ0n) is 13.6. The lowest BCUT2D eigenvalue weighted by molar-refractivity contribution is 0.160. The fourth-order valence-electron chi connectivity index (χ4n) is 4.46. The van der Waals surface area contributed by atoms with E-state index in [1.54, 1.807) is 0 Å². The molecule has 2 aliphatic rings. The minimum absolute atomic E-state index is 0.203. The molecule has 2 heteroatoms. The van der Waals surface area contributed by atoms with E-state index in [1.807, 2.05) is 12.1 Å². The summed E-state index contributed by atoms with van der Waals surface area (Å²) in [5, 5.41) is 0. The molecule has 116 valence electrons. The van der Waals surface area contributed by atoms with Crippen LogP contribution in [0.5, 0.6) is 0 Å². The van der Waals surface area contributed by atoms with Crippen LogP contribution >= 0.6 is 0 Å². The third-order valence-corrected chi connectivity index (χ3v) is 5.65. The van der Waals surface area contributed by atoms with Crippen LogP contribution in [0.15, 0.2) is 24.3 Å². The summed E-state index contributed by atoms with van der Waals surface area (Å²) >= 11 is 0. The predicted octanol–water partition coefficient (Wildman–Crippen LogP) is 4.20. The van der Waals surface area contributed by atoms with Gasteiger partial charge in [-0.05, 0) is 55.8 Å². The summed E-state index contributed by atoms with van der Waals surface area (Å²) in [5.74, 6) is 0.967. The van der Waals surface area contributed by atoms with Crippen LogP contribution in [-0.4, -0.2) is 24.0 Å². The molecule has 1 unspecified atom stereocenters. The highest BCUT2D eigenvalue weighted by molar-refractivity contribution is 5.41. The van der Waals surface area contributed by atoms with Crippen molar-refractivity contribution in [2.75, 3.05) is 18.8 Å². The molecule has 1 aliphatic carbocycles. The van der Waals surface area contributed by atoms with Crippen molar-refractivity contribution in [3.05, 3.63) is 29.8 Å². The number of benzene rings is 1. The fraction of sp³-hybridized carbons (Fsp3) is 0.684. The van der Waals surface area contributed by atoms with Gasteiger partial charge in [-0.15, -0.1) is 0 Å². The van der Waals surface area contributed by atoms with E-state index in [-0.39, 0.29) is 5.41 Å². The number of likely N-dealkylation sites (tertiary alicyclic amines) is 1. The van der Waals surface area contributed by atoms with Gasteiger partial charge in [0.25, 0.3) is 0 Å². The molecule has 0 spiro atoms. The largest absolute Gasteiger partial charge is 0.399 e. The van der Waals surface area contributed by atoms with Crippen LogP contribution in [0.25, 0.3) is 0 Å². The van der Waals surface area contributed by atoms with Gasteiger partial charge < -0.3 is 5.73 Å². The minimum Gasteiger partial charge on any atom is -0.399 e. The summed E-state index contributed by atoms with van der Waals surface area (Å²) in [6, 6.07) is 9.33. The number of rotatable bonds is 4. The highest BCUT2D eigenvalue weighted by atomic mass is 15.2. The third kappa shape index (κ3) is 3.26. The Morgan fingerprint density at radius 2 is 1.71 bits per heavy atom. The molecule has 1 atom stereocenters. The molecule has 1 saturated carbocycles. The van der Waals surface area contributed by atoms with Crippen LogP contribution in [0.4, 0.5) is 5.69 Å². The van der Waals surface area contributed by atoms with Crippen LogP contribution in [0, 0.1) is 5.92 Å². The van der Waals surface area contributed by atoms with Crippen molar-refractivity contribution < 1.29 is 0 Å². The second kappa shape index (κ2) is 6.00. The van der Waals surface area contributed by atoms with Gasteiger partial charge in [0.1, 0.15) is 0 Å². The predicted molar refractivity (Wildman–Crippen MR) is 90.4 cm³/mol. The van der Waals surface area contributed by atoms with E-state index in [2.05, 4.69) is 30.9 Å². The summed E-state index contributed by atoms with van der Waals surface area (Å²) in [6.07, 6.45) is 8.64. The minimum atomic E-state index is 0.203. The summed E-state index contributed by atoms with van der Waals surface area (Å²) in [7, 11) is 0. The number of nitrogens with two attached hydrogens (primary N) is 1. The average Bonchev–Trinajstić information content (AvgIpc) is 3.09. The first-order valence-electron chi connectivity index (χ1n) is 8.66. The molecule has 0 amide bonds. The lowest BCUT2D eigenvalue weighted by Crippen LogP contribution is -2.42. The number of hydrogen-bond acceptors (Lipinski definition) is 2. The van der Waals surface area contributed by atoms with Gasteiger partial charge in [0.15, 0.2) is 0 Å². The van der Waals surface area contributed by atoms with Gasteiger partial charge >= 0.3 is 0 Å². The van der Waals surface area contributed by atoms with Crippen LogP contribution in [0.1, 0.15) is 57.9 Å². The highest BCUT2D eigenvalue weighted by Crippen LogP contribution is 2.37. The molecule has 1 aromatic carbocycles. The molecular formula is C19H30N2. The van der Waals surface area contributed by atoms with Crippen LogP contribution < -0.4 is 5.73 Å². The molecule has 1 saturated heterocycles. The number of nitrogens with zero attached hydrogens (tertiary/aromatic N) is 1. The Labute approximate surface area is 129 Å². The van der Waals surface area contributed by atoms with E-state index in [0.717, 1.165) is 17.6 Å². The number of hydrogen-bond donors (Lipinski definition) is 1. The maximum absolute atomic E-state index is 5.83. The maximum Gasteiger partial charge on any atom is 0.0314 e. The monoisotopic (exact) mass is 286 g/mol. The SMILES string of the molecule is CC(C)(CN1CCCC1C1CCCC1)c1ccc(N)cc1. The van der Waals surface area contributed by atoms with Gasteiger partial charge in [-0.2, -0.15) is 0 Å². The lowest BCUT2D eigenvalue weighted by atomic mass is 9.83. The smallest absolute Gasteiger partial charge is 0.0314 e. The van der Waals surface area contributed by atoms with Crippen LogP contribution in [0.3, 0.4) is 0 Å². The highest BCUT2D eigenvalue weighted by Gasteiger charge is 2.36. The third-order valence-electron chi connectivity index (χ3n) is 5.65. The molecule has 21 heavy (non-hydrogen) atoms. The van der Waals surface area contributed by atoms with Crippen molar-refractivity contribution in [2.45, 2.75) is 63.8 Å². The van der Waals surface area contributed by atoms with Crippen molar-refractivity contribution in [3.63, 3.8) is 0 Å². The molecule has 3 rings (SSSR count). The Morgan fingerprint density at radius 1 is 1.05 bits per heavy atom. The second-order valence-corrected chi connectivity index (χ2v) is 7.73. The number of anilines is 1. The van der Waals surface area contributed by atoms with Crippen LogP contribution in [-0.2, 0) is 5.41 Å². The molecule has 1 aromatic rings. The lowest BCUT2D eigenvalue weighted by Gasteiger charge is -2.36. The summed E-state index contributed by atoms with van der Waals surface area (Å²) in [5.41, 5.74) is 8.30. The summed E-state index contributed by atoms with van der Waals surface area (Å²) in [6.45, 7) is 7.22. The molecule has 0 aromatic heterocycles. The van der Waals surface area contributed by atoms with Gasteiger partial charge in [0.2, 0.25) is 0 Å². The van der Waals surface area contributed by atoms with E-state index < -0.39 is 0 Å². The Hall–Kier alpha value is -1.02. The molecule has 1 aliphatic heterocycles. The maximum atomic E-state index is 5.83. The van der Waals surface area contributed by atoms with Gasteiger partial charge in [0.05, 0.1) is 0 Å². The van der Waals surface area contributed by atoms with Crippen LogP contribution in [0.2, 0.25) is 0 Å². The first-order valence-corrected chi connectivity index (χ1v) is 8.66. The van der Waals surface area contributed by atoms with E-state index in [9.17, 15) is 0 Å². The molecule has 2 fully saturated rings. The van der Waals surface area contributed by atoms with Gasteiger partial charge in [-0.3, -0.25) is 4.90 Å². The molecule has 2 nitrogen and oxygen atoms in total. The Bertz CT molecular complexity index is 457. The molecule has 0 radical (unpaired) electrons. The first-order chi connectivity index (χ1) is 10.1. The normalized spacial score (nSPS) is 24.8. The Kier molecular flexibility index (Phi) is 4.26. The average molecular weight is 286 g/mol. The van der Waals surface area contributed by atoms with Gasteiger partial charge in [-0.25, -0.2) is 0 Å². The Morgan fingerprint density at radius 3 is 2.38 bits per heavy atom. The molecule has 0 bridgehead atoms. The summed E-state index contributed by atoms with van der Waals surface area (Å²) in [4.78, 5) is 2.78. The van der Waals surface area contributed by atoms with Crippen molar-refractivity contribution in [1.29, 1.82) is 0 Å². The number of nitrogen functional groups attached to an aromatic ring is 1. The zero-order chi connectivity index (χ0) is 14.9. The first kappa shape index (κ1) is 14.9. The quantitative estimate of drug-likeness (QED) is 0.840. The zero-order valence-corrected chi connectivity index (χ0v) is 13.6. The van der Waals surface area contributed by atoms with Crippen molar-refractivity contribution in [3.8, 4) is 0 Å². The summed E-state index contributed by atoms with van der Waals surface area (Å²) < 4.78 is 0. The Balaban J connectivity index is 1.70. The van der Waals surface area contributed by atoms with Crippen molar-refractivity contribution in [1.82, 2.24) is 4.90 Å². The molecule has 2 N–H and O–H groups in total. The van der Waals surface area contributed by atoms with Gasteiger partial charge in [-0.1, -0.05) is 38.8 Å². The fourth-order valence-corrected chi connectivity index (χ4v) is 4.46. The molecule has 1 heterocycles. The standard InChI is InChI=1S/C19H30N2/c1-19(2,16-9-11-17(20)12-10-16)14-21-13-5-8-18(21)15-6-3-4-7-15/h9-12,15,18H,3-8,13-14,20H2,1-2H3. The molecular weight excluding hydrogens is 256 g/mol. The van der Waals surface area contributed by atoms with Crippen molar-refractivity contribution in [2.24, 2.45) is 5.92 Å². The van der Waals surface area contributed by atoms with E-state index >= 15 is 0 Å².